The molecule has 0 aliphatic heterocycles. The minimum absolute atomic E-state index is 0.442. The van der Waals surface area contributed by atoms with E-state index in [4.69, 9.17) is 32.7 Å². The normalized spacial score (nSPS) is 10.3. The molecule has 0 saturated heterocycles. The SMILES string of the molecule is COc1cc(CCl)ccc1OCc1cccc(Cl)c1. The summed E-state index contributed by atoms with van der Waals surface area (Å²) in [6, 6.07) is 13.2. The first-order chi connectivity index (χ1) is 9.22. The van der Waals surface area contributed by atoms with Crippen LogP contribution in [0.1, 0.15) is 11.1 Å². The van der Waals surface area contributed by atoms with Gasteiger partial charge in [0.2, 0.25) is 0 Å². The molecule has 0 aliphatic rings. The van der Waals surface area contributed by atoms with Crippen molar-refractivity contribution in [2.45, 2.75) is 12.5 Å². The zero-order valence-corrected chi connectivity index (χ0v) is 12.0. The van der Waals surface area contributed by atoms with Gasteiger partial charge in [0.25, 0.3) is 0 Å². The fourth-order valence-corrected chi connectivity index (χ4v) is 2.08. The average Bonchev–Trinajstić information content (AvgIpc) is 2.45. The standard InChI is InChI=1S/C15H14Cl2O2/c1-18-15-8-11(9-16)5-6-14(15)19-10-12-3-2-4-13(17)7-12/h2-8H,9-10H2,1H3. The highest BCUT2D eigenvalue weighted by molar-refractivity contribution is 6.30. The van der Waals surface area contributed by atoms with Crippen LogP contribution in [-0.4, -0.2) is 7.11 Å². The van der Waals surface area contributed by atoms with Crippen LogP contribution >= 0.6 is 23.2 Å². The van der Waals surface area contributed by atoms with E-state index in [0.29, 0.717) is 29.0 Å². The molecule has 0 bridgehead atoms. The number of benzene rings is 2. The Morgan fingerprint density at radius 3 is 2.53 bits per heavy atom. The molecule has 0 N–H and O–H groups in total. The summed E-state index contributed by atoms with van der Waals surface area (Å²) in [4.78, 5) is 0. The molecule has 4 heteroatoms. The van der Waals surface area contributed by atoms with Gasteiger partial charge in [0.1, 0.15) is 6.61 Å². The van der Waals surface area contributed by atoms with Gasteiger partial charge in [0.15, 0.2) is 11.5 Å². The largest absolute Gasteiger partial charge is 0.493 e. The molecule has 0 radical (unpaired) electrons. The lowest BCUT2D eigenvalue weighted by Gasteiger charge is -2.11. The Morgan fingerprint density at radius 1 is 1.00 bits per heavy atom. The summed E-state index contributed by atoms with van der Waals surface area (Å²) in [5.41, 5.74) is 2.00. The molecule has 0 atom stereocenters. The van der Waals surface area contributed by atoms with E-state index < -0.39 is 0 Å². The average molecular weight is 297 g/mol. The molecule has 0 saturated carbocycles. The second kappa shape index (κ2) is 6.69. The first-order valence-electron chi connectivity index (χ1n) is 5.83. The van der Waals surface area contributed by atoms with E-state index in [1.54, 1.807) is 7.11 Å². The van der Waals surface area contributed by atoms with Crippen LogP contribution in [0.2, 0.25) is 5.02 Å². The summed E-state index contributed by atoms with van der Waals surface area (Å²) in [6.07, 6.45) is 0. The summed E-state index contributed by atoms with van der Waals surface area (Å²) < 4.78 is 11.0. The Morgan fingerprint density at radius 2 is 1.84 bits per heavy atom. The highest BCUT2D eigenvalue weighted by atomic mass is 35.5. The Labute approximate surface area is 122 Å². The van der Waals surface area contributed by atoms with Crippen LogP contribution in [0.3, 0.4) is 0 Å². The smallest absolute Gasteiger partial charge is 0.161 e. The number of methoxy groups -OCH3 is 1. The Kier molecular flexibility index (Phi) is 4.94. The highest BCUT2D eigenvalue weighted by Crippen LogP contribution is 2.29. The van der Waals surface area contributed by atoms with E-state index in [1.807, 2.05) is 42.5 Å². The van der Waals surface area contributed by atoms with Crippen LogP contribution in [0.15, 0.2) is 42.5 Å². The van der Waals surface area contributed by atoms with Gasteiger partial charge in [0.05, 0.1) is 7.11 Å². The number of ether oxygens (including phenoxy) is 2. The van der Waals surface area contributed by atoms with Gasteiger partial charge in [0, 0.05) is 10.9 Å². The molecule has 0 unspecified atom stereocenters. The second-order valence-electron chi connectivity index (χ2n) is 4.04. The molecule has 0 amide bonds. The van der Waals surface area contributed by atoms with Gasteiger partial charge in [-0.25, -0.2) is 0 Å². The Hall–Kier alpha value is -1.38. The molecule has 100 valence electrons. The molecule has 2 aromatic rings. The Balaban J connectivity index is 2.11. The molecular weight excluding hydrogens is 283 g/mol. The molecule has 0 heterocycles. The third-order valence-electron chi connectivity index (χ3n) is 2.67. The van der Waals surface area contributed by atoms with Crippen LogP contribution in [0.5, 0.6) is 11.5 Å². The molecule has 0 aromatic heterocycles. The number of alkyl halides is 1. The maximum Gasteiger partial charge on any atom is 0.161 e. The minimum atomic E-state index is 0.442. The zero-order valence-electron chi connectivity index (χ0n) is 10.5. The maximum absolute atomic E-state index is 5.93. The molecule has 0 spiro atoms. The predicted molar refractivity (Wildman–Crippen MR) is 78.3 cm³/mol. The van der Waals surface area contributed by atoms with Crippen LogP contribution < -0.4 is 9.47 Å². The van der Waals surface area contributed by atoms with Crippen molar-refractivity contribution in [3.8, 4) is 11.5 Å². The van der Waals surface area contributed by atoms with Gasteiger partial charge >= 0.3 is 0 Å². The molecule has 2 nitrogen and oxygen atoms in total. The maximum atomic E-state index is 5.93. The first-order valence-corrected chi connectivity index (χ1v) is 6.74. The van der Waals surface area contributed by atoms with E-state index in [0.717, 1.165) is 11.1 Å². The fourth-order valence-electron chi connectivity index (χ4n) is 1.70. The Bertz CT molecular complexity index is 556. The van der Waals surface area contributed by atoms with E-state index in [-0.39, 0.29) is 0 Å². The van der Waals surface area contributed by atoms with Crippen molar-refractivity contribution in [3.63, 3.8) is 0 Å². The number of rotatable bonds is 5. The van der Waals surface area contributed by atoms with Crippen LogP contribution in [0.4, 0.5) is 0 Å². The molecule has 0 fully saturated rings. The van der Waals surface area contributed by atoms with E-state index in [1.165, 1.54) is 0 Å². The van der Waals surface area contributed by atoms with Crippen molar-refractivity contribution in [3.05, 3.63) is 58.6 Å². The third kappa shape index (κ3) is 3.79. The van der Waals surface area contributed by atoms with Crippen molar-refractivity contribution in [2.75, 3.05) is 7.11 Å². The number of hydrogen-bond donors (Lipinski definition) is 0. The van der Waals surface area contributed by atoms with Gasteiger partial charge in [-0.1, -0.05) is 29.8 Å². The van der Waals surface area contributed by atoms with Gasteiger partial charge in [-0.15, -0.1) is 11.6 Å². The van der Waals surface area contributed by atoms with Crippen molar-refractivity contribution in [1.29, 1.82) is 0 Å². The third-order valence-corrected chi connectivity index (χ3v) is 3.21. The molecule has 2 rings (SSSR count). The van der Waals surface area contributed by atoms with Gasteiger partial charge in [-0.05, 0) is 35.4 Å². The minimum Gasteiger partial charge on any atom is -0.493 e. The lowest BCUT2D eigenvalue weighted by molar-refractivity contribution is 0.284. The van der Waals surface area contributed by atoms with Crippen molar-refractivity contribution >= 4 is 23.2 Å². The molecule has 0 aliphatic carbocycles. The second-order valence-corrected chi connectivity index (χ2v) is 4.74. The summed E-state index contributed by atoms with van der Waals surface area (Å²) in [5, 5.41) is 0.700. The van der Waals surface area contributed by atoms with E-state index >= 15 is 0 Å². The summed E-state index contributed by atoms with van der Waals surface area (Å²) in [7, 11) is 1.61. The van der Waals surface area contributed by atoms with Gasteiger partial charge in [-0.3, -0.25) is 0 Å². The van der Waals surface area contributed by atoms with E-state index in [2.05, 4.69) is 0 Å². The summed E-state index contributed by atoms with van der Waals surface area (Å²) in [5.74, 6) is 1.82. The van der Waals surface area contributed by atoms with E-state index in [9.17, 15) is 0 Å². The zero-order chi connectivity index (χ0) is 13.7. The fraction of sp³-hybridized carbons (Fsp3) is 0.200. The topological polar surface area (TPSA) is 18.5 Å². The van der Waals surface area contributed by atoms with Crippen LogP contribution in [0.25, 0.3) is 0 Å². The van der Waals surface area contributed by atoms with Crippen molar-refractivity contribution in [1.82, 2.24) is 0 Å². The lowest BCUT2D eigenvalue weighted by Crippen LogP contribution is -1.98. The molecule has 19 heavy (non-hydrogen) atoms. The van der Waals surface area contributed by atoms with Crippen LogP contribution in [-0.2, 0) is 12.5 Å². The lowest BCUT2D eigenvalue weighted by atomic mass is 10.2. The summed E-state index contributed by atoms with van der Waals surface area (Å²) >= 11 is 11.7. The highest BCUT2D eigenvalue weighted by Gasteiger charge is 2.06. The van der Waals surface area contributed by atoms with Crippen molar-refractivity contribution in [2.24, 2.45) is 0 Å². The van der Waals surface area contributed by atoms with Crippen LogP contribution in [0, 0.1) is 0 Å². The van der Waals surface area contributed by atoms with Crippen molar-refractivity contribution < 1.29 is 9.47 Å². The molecular formula is C15H14Cl2O2. The number of hydrogen-bond acceptors (Lipinski definition) is 2. The number of halogens is 2. The molecule has 2 aromatic carbocycles. The first kappa shape index (κ1) is 14.0. The predicted octanol–water partition coefficient (Wildman–Crippen LogP) is 4.67. The quantitative estimate of drug-likeness (QED) is 0.747. The van der Waals surface area contributed by atoms with Gasteiger partial charge < -0.3 is 9.47 Å². The monoisotopic (exact) mass is 296 g/mol. The summed E-state index contributed by atoms with van der Waals surface area (Å²) in [6.45, 7) is 0.442. The van der Waals surface area contributed by atoms with Gasteiger partial charge in [-0.2, -0.15) is 0 Å².